The van der Waals surface area contributed by atoms with Crippen LogP contribution in [0, 0.1) is 11.8 Å². The average molecular weight is 539 g/mol. The number of likely N-dealkylation sites (tertiary alicyclic amines) is 1. The Hall–Kier alpha value is -1.42. The van der Waals surface area contributed by atoms with E-state index < -0.39 is 0 Å². The summed E-state index contributed by atoms with van der Waals surface area (Å²) in [5.41, 5.74) is 3.72. The minimum atomic E-state index is -0.306. The highest BCUT2D eigenvalue weighted by Gasteiger charge is 2.49. The van der Waals surface area contributed by atoms with Gasteiger partial charge in [-0.2, -0.15) is 0 Å². The van der Waals surface area contributed by atoms with Gasteiger partial charge >= 0.3 is 0 Å². The molecule has 2 unspecified atom stereocenters. The summed E-state index contributed by atoms with van der Waals surface area (Å²) in [6, 6.07) is 8.00. The summed E-state index contributed by atoms with van der Waals surface area (Å²) in [5, 5.41) is 9.12. The van der Waals surface area contributed by atoms with E-state index in [0.29, 0.717) is 12.8 Å². The number of aromatic nitrogens is 2. The maximum absolute atomic E-state index is 12.6. The van der Waals surface area contributed by atoms with Crippen molar-refractivity contribution in [3.05, 3.63) is 43.0 Å². The fourth-order valence-electron chi connectivity index (χ4n) is 4.07. The monoisotopic (exact) mass is 537 g/mol. The van der Waals surface area contributed by atoms with Gasteiger partial charge < -0.3 is 0 Å². The Morgan fingerprint density at radius 2 is 1.29 bits per heavy atom. The first-order valence-electron chi connectivity index (χ1n) is 8.65. The summed E-state index contributed by atoms with van der Waals surface area (Å²) < 4.78 is 2.04. The number of carbonyl (C=O) groups is 2. The lowest BCUT2D eigenvalue weighted by atomic mass is 9.76. The van der Waals surface area contributed by atoms with Crippen molar-refractivity contribution >= 4 is 66.3 Å². The first-order valence-corrected chi connectivity index (χ1v) is 11.9. The van der Waals surface area contributed by atoms with Crippen LogP contribution in [0.1, 0.15) is 11.1 Å². The van der Waals surface area contributed by atoms with Gasteiger partial charge in [-0.3, -0.25) is 14.5 Å². The zero-order valence-electron chi connectivity index (χ0n) is 14.6. The van der Waals surface area contributed by atoms with Gasteiger partial charge in [-0.25, -0.2) is 0 Å². The molecule has 5 nitrogen and oxygen atoms in total. The van der Waals surface area contributed by atoms with Crippen LogP contribution in [0.15, 0.2) is 31.8 Å². The number of hydrogen-bond acceptors (Lipinski definition) is 6. The normalized spacial score (nSPS) is 21.2. The molecule has 142 valence electrons. The van der Waals surface area contributed by atoms with E-state index in [0.717, 1.165) is 39.8 Å². The number of imide groups is 1. The van der Waals surface area contributed by atoms with Crippen LogP contribution in [0.3, 0.4) is 0 Å². The van der Waals surface area contributed by atoms with E-state index in [9.17, 15) is 9.59 Å². The smallest absolute Gasteiger partial charge is 0.233 e. The molecule has 0 aromatic carbocycles. The van der Waals surface area contributed by atoms with Crippen LogP contribution >= 0.6 is 54.5 Å². The number of fused-ring (bicyclic) bond motifs is 2. The van der Waals surface area contributed by atoms with Crippen LogP contribution in [-0.4, -0.2) is 34.0 Å². The highest BCUT2D eigenvalue weighted by Crippen LogP contribution is 2.45. The Morgan fingerprint density at radius 3 is 1.64 bits per heavy atom. The van der Waals surface area contributed by atoms with Crippen molar-refractivity contribution in [1.29, 1.82) is 0 Å². The lowest BCUT2D eigenvalue weighted by Crippen LogP contribution is -2.29. The fourth-order valence-corrected chi connectivity index (χ4v) is 6.87. The minimum Gasteiger partial charge on any atom is -0.285 e. The van der Waals surface area contributed by atoms with Crippen LogP contribution in [0.2, 0.25) is 0 Å². The van der Waals surface area contributed by atoms with Crippen molar-refractivity contribution in [2.24, 2.45) is 11.8 Å². The first kappa shape index (κ1) is 18.6. The Labute approximate surface area is 186 Å². The molecule has 1 aliphatic heterocycles. The van der Waals surface area contributed by atoms with Crippen molar-refractivity contribution in [2.75, 3.05) is 7.05 Å². The summed E-state index contributed by atoms with van der Waals surface area (Å²) >= 11 is 10.2. The van der Waals surface area contributed by atoms with E-state index in [1.807, 2.05) is 24.3 Å². The number of carbonyl (C=O) groups excluding carboxylic acids is 2. The second-order valence-corrected chi connectivity index (χ2v) is 11.8. The van der Waals surface area contributed by atoms with Crippen LogP contribution in [0.4, 0.5) is 0 Å². The summed E-state index contributed by atoms with van der Waals surface area (Å²) in [6.07, 6.45) is 1.05. The van der Waals surface area contributed by atoms with E-state index in [1.165, 1.54) is 4.90 Å². The van der Waals surface area contributed by atoms with Gasteiger partial charge in [0.15, 0.2) is 0 Å². The molecule has 0 radical (unpaired) electrons. The van der Waals surface area contributed by atoms with Crippen LogP contribution in [0.5, 0.6) is 0 Å². The maximum Gasteiger partial charge on any atom is 0.233 e. The van der Waals surface area contributed by atoms with Crippen LogP contribution in [0.25, 0.3) is 21.1 Å². The van der Waals surface area contributed by atoms with Crippen molar-refractivity contribution in [1.82, 2.24) is 15.1 Å². The molecule has 4 heterocycles. The van der Waals surface area contributed by atoms with Gasteiger partial charge in [-0.1, -0.05) is 0 Å². The first-order chi connectivity index (χ1) is 13.4. The standard InChI is InChI=1S/C19H13Br2N3O2S2/c1-24-18(25)10-6-8-9(7-11(10)19(24)26)17(13-3-5-15(21)28-13)23-22-16(8)12-2-4-14(20)27-12/h2-5,10-11H,6-7H2,1H3. The SMILES string of the molecule is CN1C(=O)C2Cc3c(-c4ccc(Br)s4)nnc(-c4ccc(Br)s4)c3CC2C1=O. The molecule has 9 heteroatoms. The van der Waals surface area contributed by atoms with Gasteiger partial charge in [0.05, 0.1) is 29.2 Å². The van der Waals surface area contributed by atoms with Crippen molar-refractivity contribution in [3.63, 3.8) is 0 Å². The number of halogens is 2. The zero-order chi connectivity index (χ0) is 19.6. The molecule has 1 fully saturated rings. The largest absolute Gasteiger partial charge is 0.285 e. The molecule has 1 saturated heterocycles. The van der Waals surface area contributed by atoms with Gasteiger partial charge in [-0.05, 0) is 80.1 Å². The van der Waals surface area contributed by atoms with Gasteiger partial charge in [0.25, 0.3) is 0 Å². The third-order valence-electron chi connectivity index (χ3n) is 5.43. The molecule has 28 heavy (non-hydrogen) atoms. The Balaban J connectivity index is 1.71. The van der Waals surface area contributed by atoms with E-state index >= 15 is 0 Å². The molecule has 3 aromatic rings. The molecule has 5 rings (SSSR count). The molecule has 3 aromatic heterocycles. The van der Waals surface area contributed by atoms with Crippen molar-refractivity contribution in [2.45, 2.75) is 12.8 Å². The summed E-state index contributed by atoms with van der Waals surface area (Å²) in [5.74, 6) is -0.786. The Kier molecular flexibility index (Phi) is 4.53. The average Bonchev–Trinajstić information content (AvgIpc) is 3.36. The van der Waals surface area contributed by atoms with E-state index in [4.69, 9.17) is 0 Å². The zero-order valence-corrected chi connectivity index (χ0v) is 19.4. The summed E-state index contributed by atoms with van der Waals surface area (Å²) in [7, 11) is 1.58. The van der Waals surface area contributed by atoms with Crippen LogP contribution < -0.4 is 0 Å². The molecule has 0 spiro atoms. The predicted molar refractivity (Wildman–Crippen MR) is 116 cm³/mol. The highest BCUT2D eigenvalue weighted by molar-refractivity contribution is 9.11. The van der Waals surface area contributed by atoms with Gasteiger partial charge in [-0.15, -0.1) is 32.9 Å². The molecule has 2 amide bonds. The van der Waals surface area contributed by atoms with Crippen molar-refractivity contribution < 1.29 is 9.59 Å². The molecule has 2 aliphatic rings. The maximum atomic E-state index is 12.6. The quantitative estimate of drug-likeness (QED) is 0.440. The predicted octanol–water partition coefficient (Wildman–Crippen LogP) is 4.79. The van der Waals surface area contributed by atoms with Gasteiger partial charge in [0.1, 0.15) is 11.4 Å². The van der Waals surface area contributed by atoms with E-state index in [1.54, 1.807) is 29.7 Å². The number of rotatable bonds is 2. The molecular weight excluding hydrogens is 526 g/mol. The van der Waals surface area contributed by atoms with Crippen LogP contribution in [-0.2, 0) is 22.4 Å². The van der Waals surface area contributed by atoms with Gasteiger partial charge in [0.2, 0.25) is 11.8 Å². The number of nitrogens with zero attached hydrogens (tertiary/aromatic N) is 3. The topological polar surface area (TPSA) is 63.2 Å². The summed E-state index contributed by atoms with van der Waals surface area (Å²) in [6.45, 7) is 0. The number of hydrogen-bond donors (Lipinski definition) is 0. The van der Waals surface area contributed by atoms with Gasteiger partial charge in [0, 0.05) is 7.05 Å². The molecule has 0 bridgehead atoms. The third-order valence-corrected chi connectivity index (χ3v) is 8.69. The highest BCUT2D eigenvalue weighted by atomic mass is 79.9. The molecule has 2 atom stereocenters. The van der Waals surface area contributed by atoms with E-state index in [2.05, 4.69) is 42.1 Å². The third kappa shape index (κ3) is 2.82. The summed E-state index contributed by atoms with van der Waals surface area (Å²) in [4.78, 5) is 28.6. The molecule has 1 aliphatic carbocycles. The number of thiophene rings is 2. The lowest BCUT2D eigenvalue weighted by Gasteiger charge is -2.26. The second-order valence-electron chi connectivity index (χ2n) is 6.92. The molecule has 0 N–H and O–H groups in total. The second kappa shape index (κ2) is 6.83. The van der Waals surface area contributed by atoms with Crippen molar-refractivity contribution in [3.8, 4) is 21.1 Å². The fraction of sp³-hybridized carbons (Fsp3) is 0.263. The Morgan fingerprint density at radius 1 is 0.857 bits per heavy atom. The number of amides is 2. The molecule has 0 saturated carbocycles. The van der Waals surface area contributed by atoms with E-state index in [-0.39, 0.29) is 23.7 Å². The lowest BCUT2D eigenvalue weighted by molar-refractivity contribution is -0.138. The Bertz CT molecular complexity index is 1050. The molecular formula is C19H13Br2N3O2S2. The minimum absolute atomic E-state index is 0.0869.